The minimum absolute atomic E-state index is 0.174. The van der Waals surface area contributed by atoms with Gasteiger partial charge >= 0.3 is 0 Å². The lowest BCUT2D eigenvalue weighted by Gasteiger charge is -2.17. The number of aryl methyl sites for hydroxylation is 1. The van der Waals surface area contributed by atoms with E-state index >= 15 is 0 Å². The number of aromatic nitrogens is 2. The number of nitrogens with zero attached hydrogens (tertiary/aromatic N) is 4. The first-order chi connectivity index (χ1) is 13.0. The van der Waals surface area contributed by atoms with E-state index in [9.17, 15) is 4.79 Å². The van der Waals surface area contributed by atoms with Crippen LogP contribution in [-0.4, -0.2) is 27.8 Å². The Bertz CT molecular complexity index is 978. The van der Waals surface area contributed by atoms with Crippen LogP contribution in [0.5, 0.6) is 0 Å². The number of anilines is 2. The van der Waals surface area contributed by atoms with E-state index in [4.69, 9.17) is 5.26 Å². The van der Waals surface area contributed by atoms with Gasteiger partial charge in [0, 0.05) is 25.3 Å². The van der Waals surface area contributed by atoms with E-state index in [-0.39, 0.29) is 5.91 Å². The molecule has 0 spiro atoms. The maximum Gasteiger partial charge on any atom is 0.272 e. The van der Waals surface area contributed by atoms with Gasteiger partial charge in [0.15, 0.2) is 0 Å². The highest BCUT2D eigenvalue weighted by molar-refractivity contribution is 5.93. The van der Waals surface area contributed by atoms with E-state index in [2.05, 4.69) is 21.4 Å². The lowest BCUT2D eigenvalue weighted by Crippen LogP contribution is -2.27. The molecule has 6 heteroatoms. The summed E-state index contributed by atoms with van der Waals surface area (Å²) in [5, 5.41) is 12.0. The average molecular weight is 357 g/mol. The first-order valence-electron chi connectivity index (χ1n) is 8.47. The molecular formula is C21H19N5O. The first-order valence-corrected chi connectivity index (χ1v) is 8.47. The van der Waals surface area contributed by atoms with Crippen LogP contribution < -0.4 is 5.32 Å². The normalized spacial score (nSPS) is 10.1. The number of nitrogens with one attached hydrogen (secondary N) is 1. The van der Waals surface area contributed by atoms with Gasteiger partial charge in [-0.1, -0.05) is 30.3 Å². The van der Waals surface area contributed by atoms with Crippen molar-refractivity contribution in [3.05, 3.63) is 83.3 Å². The van der Waals surface area contributed by atoms with Crippen molar-refractivity contribution in [1.29, 1.82) is 5.26 Å². The predicted octanol–water partition coefficient (Wildman–Crippen LogP) is 3.67. The Hall–Kier alpha value is -3.72. The zero-order valence-electron chi connectivity index (χ0n) is 15.2. The zero-order valence-corrected chi connectivity index (χ0v) is 15.2. The van der Waals surface area contributed by atoms with Crippen LogP contribution in [0.15, 0.2) is 60.7 Å². The van der Waals surface area contributed by atoms with Crippen LogP contribution in [0, 0.1) is 18.3 Å². The highest BCUT2D eigenvalue weighted by atomic mass is 16.2. The molecular weight excluding hydrogens is 338 g/mol. The minimum atomic E-state index is -0.174. The van der Waals surface area contributed by atoms with Gasteiger partial charge in [-0.2, -0.15) is 5.26 Å². The summed E-state index contributed by atoms with van der Waals surface area (Å²) >= 11 is 0. The number of carbonyl (C=O) groups is 1. The lowest BCUT2D eigenvalue weighted by atomic mass is 10.2. The molecule has 1 aromatic heterocycles. The molecule has 2 aromatic carbocycles. The molecule has 0 aliphatic carbocycles. The summed E-state index contributed by atoms with van der Waals surface area (Å²) in [7, 11) is 1.75. The van der Waals surface area contributed by atoms with Crippen molar-refractivity contribution < 1.29 is 4.79 Å². The van der Waals surface area contributed by atoms with Crippen molar-refractivity contribution in [2.75, 3.05) is 12.4 Å². The van der Waals surface area contributed by atoms with Crippen LogP contribution in [0.25, 0.3) is 0 Å². The Labute approximate surface area is 158 Å². The summed E-state index contributed by atoms with van der Waals surface area (Å²) in [6.45, 7) is 2.25. The average Bonchev–Trinajstić information content (AvgIpc) is 2.68. The highest BCUT2D eigenvalue weighted by Gasteiger charge is 2.15. The minimum Gasteiger partial charge on any atom is -0.340 e. The molecule has 134 valence electrons. The fourth-order valence-corrected chi connectivity index (χ4v) is 2.64. The van der Waals surface area contributed by atoms with E-state index in [1.807, 2.05) is 30.3 Å². The van der Waals surface area contributed by atoms with Crippen LogP contribution in [0.3, 0.4) is 0 Å². The molecule has 1 amide bonds. The van der Waals surface area contributed by atoms with Crippen molar-refractivity contribution in [1.82, 2.24) is 14.9 Å². The van der Waals surface area contributed by atoms with Crippen LogP contribution in [0.4, 0.5) is 11.5 Å². The Morgan fingerprint density at radius 1 is 1.11 bits per heavy atom. The van der Waals surface area contributed by atoms with Crippen molar-refractivity contribution in [3.63, 3.8) is 0 Å². The molecule has 0 atom stereocenters. The van der Waals surface area contributed by atoms with Crippen LogP contribution >= 0.6 is 0 Å². The van der Waals surface area contributed by atoms with Crippen LogP contribution in [0.1, 0.15) is 27.4 Å². The molecule has 3 rings (SSSR count). The molecule has 1 heterocycles. The van der Waals surface area contributed by atoms with E-state index in [1.165, 1.54) is 0 Å². The summed E-state index contributed by atoms with van der Waals surface area (Å²) < 4.78 is 0. The molecule has 27 heavy (non-hydrogen) atoms. The zero-order chi connectivity index (χ0) is 19.2. The Morgan fingerprint density at radius 3 is 2.48 bits per heavy atom. The molecule has 0 radical (unpaired) electrons. The topological polar surface area (TPSA) is 81.9 Å². The molecule has 6 nitrogen and oxygen atoms in total. The van der Waals surface area contributed by atoms with Crippen molar-refractivity contribution in [3.8, 4) is 6.07 Å². The van der Waals surface area contributed by atoms with Gasteiger partial charge in [0.1, 0.15) is 17.3 Å². The molecule has 0 saturated heterocycles. The number of rotatable bonds is 5. The second-order valence-electron chi connectivity index (χ2n) is 6.15. The third-order valence-corrected chi connectivity index (χ3v) is 3.95. The van der Waals surface area contributed by atoms with Crippen LogP contribution in [-0.2, 0) is 6.54 Å². The Morgan fingerprint density at radius 2 is 1.81 bits per heavy atom. The summed E-state index contributed by atoms with van der Waals surface area (Å²) in [5.41, 5.74) is 2.74. The Kier molecular flexibility index (Phi) is 5.43. The van der Waals surface area contributed by atoms with E-state index in [1.54, 1.807) is 49.2 Å². The molecule has 3 aromatic rings. The lowest BCUT2D eigenvalue weighted by molar-refractivity contribution is 0.0779. The van der Waals surface area contributed by atoms with Gasteiger partial charge in [-0.25, -0.2) is 9.97 Å². The maximum absolute atomic E-state index is 12.8. The third kappa shape index (κ3) is 4.67. The van der Waals surface area contributed by atoms with Gasteiger partial charge in [0.25, 0.3) is 5.91 Å². The summed E-state index contributed by atoms with van der Waals surface area (Å²) in [6, 6.07) is 20.5. The maximum atomic E-state index is 12.8. The summed E-state index contributed by atoms with van der Waals surface area (Å²) in [5.74, 6) is 0.862. The standard InChI is InChI=1S/C21H19N5O/c1-15-23-19(21(27)26(2)14-17-6-4-3-5-7-17)12-20(24-15)25-18-10-8-16(13-22)9-11-18/h3-12H,14H2,1-2H3,(H,23,24,25). The molecule has 0 fully saturated rings. The fourth-order valence-electron chi connectivity index (χ4n) is 2.64. The summed E-state index contributed by atoms with van der Waals surface area (Å²) in [6.07, 6.45) is 0. The quantitative estimate of drug-likeness (QED) is 0.753. The molecule has 0 bridgehead atoms. The number of hydrogen-bond donors (Lipinski definition) is 1. The Balaban J connectivity index is 1.77. The second-order valence-corrected chi connectivity index (χ2v) is 6.15. The SMILES string of the molecule is Cc1nc(Nc2ccc(C#N)cc2)cc(C(=O)N(C)Cc2ccccc2)n1. The van der Waals surface area contributed by atoms with Crippen molar-refractivity contribution in [2.24, 2.45) is 0 Å². The number of hydrogen-bond acceptors (Lipinski definition) is 5. The van der Waals surface area contributed by atoms with E-state index in [0.717, 1.165) is 11.3 Å². The predicted molar refractivity (Wildman–Crippen MR) is 103 cm³/mol. The van der Waals surface area contributed by atoms with Gasteiger partial charge in [-0.3, -0.25) is 4.79 Å². The number of amides is 1. The monoisotopic (exact) mass is 357 g/mol. The number of carbonyl (C=O) groups excluding carboxylic acids is 1. The van der Waals surface area contributed by atoms with Gasteiger partial charge in [-0.15, -0.1) is 0 Å². The van der Waals surface area contributed by atoms with Gasteiger partial charge in [0.05, 0.1) is 11.6 Å². The second kappa shape index (κ2) is 8.11. The van der Waals surface area contributed by atoms with Gasteiger partial charge in [-0.05, 0) is 36.8 Å². The first kappa shape index (κ1) is 18.1. The third-order valence-electron chi connectivity index (χ3n) is 3.95. The molecule has 0 aliphatic rings. The molecule has 1 N–H and O–H groups in total. The molecule has 0 saturated carbocycles. The smallest absolute Gasteiger partial charge is 0.272 e. The molecule has 0 unspecified atom stereocenters. The van der Waals surface area contributed by atoms with E-state index in [0.29, 0.717) is 29.4 Å². The highest BCUT2D eigenvalue weighted by Crippen LogP contribution is 2.17. The van der Waals surface area contributed by atoms with Crippen molar-refractivity contribution in [2.45, 2.75) is 13.5 Å². The summed E-state index contributed by atoms with van der Waals surface area (Å²) in [4.78, 5) is 23.0. The fraction of sp³-hybridized carbons (Fsp3) is 0.143. The van der Waals surface area contributed by atoms with Gasteiger partial charge in [0.2, 0.25) is 0 Å². The molecule has 0 aliphatic heterocycles. The van der Waals surface area contributed by atoms with Gasteiger partial charge < -0.3 is 10.2 Å². The largest absolute Gasteiger partial charge is 0.340 e. The van der Waals surface area contributed by atoms with Crippen LogP contribution in [0.2, 0.25) is 0 Å². The van der Waals surface area contributed by atoms with Crippen molar-refractivity contribution >= 4 is 17.4 Å². The van der Waals surface area contributed by atoms with E-state index < -0.39 is 0 Å². The number of nitriles is 1. The number of benzene rings is 2.